The largest absolute Gasteiger partial charge is 0.373 e. The van der Waals surface area contributed by atoms with Gasteiger partial charge in [-0.05, 0) is 18.6 Å². The second kappa shape index (κ2) is 5.94. The number of likely N-dealkylation sites (N-methyl/N-ethyl adjacent to an activating group) is 2. The summed E-state index contributed by atoms with van der Waals surface area (Å²) in [6.07, 6.45) is 0.682. The summed E-state index contributed by atoms with van der Waals surface area (Å²) in [5.74, 6) is -0.0744. The average Bonchev–Trinajstić information content (AvgIpc) is 2.87. The zero-order valence-electron chi connectivity index (χ0n) is 12.2. The van der Waals surface area contributed by atoms with E-state index >= 15 is 0 Å². The molecule has 20 heavy (non-hydrogen) atoms. The number of carbonyl (C=O) groups is 2. The second-order valence-electron chi connectivity index (χ2n) is 5.20. The summed E-state index contributed by atoms with van der Waals surface area (Å²) in [4.78, 5) is 27.4. The van der Waals surface area contributed by atoms with Crippen LogP contribution in [-0.2, 0) is 16.0 Å². The van der Waals surface area contributed by atoms with Crippen LogP contribution in [0.2, 0.25) is 0 Å². The second-order valence-corrected chi connectivity index (χ2v) is 5.20. The van der Waals surface area contributed by atoms with Crippen molar-refractivity contribution in [2.45, 2.75) is 19.4 Å². The molecular weight excluding hydrogens is 254 g/mol. The van der Waals surface area contributed by atoms with Crippen LogP contribution in [0.4, 0.5) is 5.69 Å². The molecule has 2 rings (SSSR count). The molecule has 0 saturated heterocycles. The van der Waals surface area contributed by atoms with Crippen molar-refractivity contribution in [2.24, 2.45) is 0 Å². The van der Waals surface area contributed by atoms with E-state index in [0.717, 1.165) is 11.3 Å². The number of fused-ring (bicyclic) bond motifs is 1. The third-order valence-electron chi connectivity index (χ3n) is 3.59. The van der Waals surface area contributed by atoms with Crippen LogP contribution in [0.3, 0.4) is 0 Å². The molecule has 0 unspecified atom stereocenters. The molecule has 1 aromatic carbocycles. The molecule has 2 amide bonds. The predicted octanol–water partition coefficient (Wildman–Crippen LogP) is 0.960. The monoisotopic (exact) mass is 275 g/mol. The number of benzene rings is 1. The molecule has 108 valence electrons. The van der Waals surface area contributed by atoms with E-state index in [9.17, 15) is 9.59 Å². The standard InChI is InChI=1S/C15H21N3O2/c1-4-18(10-14(19)17(2)3)15(20)13-9-11-7-5-6-8-12(11)16-13/h5-8,13,16H,4,9-10H2,1-3H3/t13-/m0/s1. The minimum atomic E-state index is -0.262. The van der Waals surface area contributed by atoms with Crippen molar-refractivity contribution < 1.29 is 9.59 Å². The number of nitrogens with one attached hydrogen (secondary N) is 1. The van der Waals surface area contributed by atoms with E-state index in [2.05, 4.69) is 5.32 Å². The van der Waals surface area contributed by atoms with E-state index in [0.29, 0.717) is 13.0 Å². The van der Waals surface area contributed by atoms with Gasteiger partial charge in [-0.3, -0.25) is 9.59 Å². The van der Waals surface area contributed by atoms with E-state index in [1.807, 2.05) is 31.2 Å². The fourth-order valence-electron chi connectivity index (χ4n) is 2.32. The highest BCUT2D eigenvalue weighted by atomic mass is 16.2. The first-order chi connectivity index (χ1) is 9.52. The highest BCUT2D eigenvalue weighted by Crippen LogP contribution is 2.25. The Labute approximate surface area is 119 Å². The van der Waals surface area contributed by atoms with E-state index in [-0.39, 0.29) is 24.4 Å². The van der Waals surface area contributed by atoms with Crippen LogP contribution in [0.5, 0.6) is 0 Å². The van der Waals surface area contributed by atoms with Crippen molar-refractivity contribution in [1.29, 1.82) is 0 Å². The minimum absolute atomic E-state index is 0.0149. The Hall–Kier alpha value is -2.04. The maximum absolute atomic E-state index is 12.5. The van der Waals surface area contributed by atoms with Gasteiger partial charge >= 0.3 is 0 Å². The normalized spacial score (nSPS) is 16.2. The molecule has 0 radical (unpaired) electrons. The first-order valence-electron chi connectivity index (χ1n) is 6.86. The van der Waals surface area contributed by atoms with Crippen LogP contribution in [-0.4, -0.2) is 54.8 Å². The van der Waals surface area contributed by atoms with Gasteiger partial charge in [0.1, 0.15) is 6.04 Å². The van der Waals surface area contributed by atoms with Gasteiger partial charge < -0.3 is 15.1 Å². The summed E-state index contributed by atoms with van der Waals surface area (Å²) in [7, 11) is 3.40. The molecule has 5 nitrogen and oxygen atoms in total. The van der Waals surface area contributed by atoms with Crippen molar-refractivity contribution in [3.05, 3.63) is 29.8 Å². The number of para-hydroxylation sites is 1. The Bertz CT molecular complexity index is 489. The first kappa shape index (κ1) is 14.4. The van der Waals surface area contributed by atoms with Crippen molar-refractivity contribution in [3.63, 3.8) is 0 Å². The molecule has 0 fully saturated rings. The average molecular weight is 275 g/mol. The highest BCUT2D eigenvalue weighted by molar-refractivity contribution is 5.90. The summed E-state index contributed by atoms with van der Waals surface area (Å²) in [6.45, 7) is 2.56. The molecule has 1 N–H and O–H groups in total. The van der Waals surface area contributed by atoms with Crippen LogP contribution in [0.1, 0.15) is 12.5 Å². The Morgan fingerprint density at radius 3 is 2.60 bits per heavy atom. The number of nitrogens with zero attached hydrogens (tertiary/aromatic N) is 2. The van der Waals surface area contributed by atoms with Crippen LogP contribution >= 0.6 is 0 Å². The Balaban J connectivity index is 2.02. The number of rotatable bonds is 4. The molecule has 0 aromatic heterocycles. The van der Waals surface area contributed by atoms with Gasteiger partial charge in [0.2, 0.25) is 11.8 Å². The summed E-state index contributed by atoms with van der Waals surface area (Å²) in [6, 6.07) is 7.66. The zero-order chi connectivity index (χ0) is 14.7. The third-order valence-corrected chi connectivity index (χ3v) is 3.59. The van der Waals surface area contributed by atoms with E-state index in [1.54, 1.807) is 19.0 Å². The van der Waals surface area contributed by atoms with Crippen molar-refractivity contribution in [2.75, 3.05) is 32.5 Å². The Kier molecular flexibility index (Phi) is 4.27. The molecule has 0 aliphatic carbocycles. The van der Waals surface area contributed by atoms with Crippen LogP contribution in [0.25, 0.3) is 0 Å². The maximum atomic E-state index is 12.5. The van der Waals surface area contributed by atoms with Crippen LogP contribution in [0.15, 0.2) is 24.3 Å². The molecule has 0 saturated carbocycles. The Morgan fingerprint density at radius 2 is 2.00 bits per heavy atom. The van der Waals surface area contributed by atoms with Crippen molar-refractivity contribution in [3.8, 4) is 0 Å². The smallest absolute Gasteiger partial charge is 0.245 e. The lowest BCUT2D eigenvalue weighted by atomic mass is 10.1. The molecule has 1 heterocycles. The third kappa shape index (κ3) is 2.92. The minimum Gasteiger partial charge on any atom is -0.373 e. The zero-order valence-corrected chi connectivity index (χ0v) is 12.2. The fourth-order valence-corrected chi connectivity index (χ4v) is 2.32. The Morgan fingerprint density at radius 1 is 1.30 bits per heavy atom. The van der Waals surface area contributed by atoms with Gasteiger partial charge in [-0.2, -0.15) is 0 Å². The SMILES string of the molecule is CCN(CC(=O)N(C)C)C(=O)[C@@H]1Cc2ccccc2N1. The van der Waals surface area contributed by atoms with Gasteiger partial charge in [-0.1, -0.05) is 18.2 Å². The lowest BCUT2D eigenvalue weighted by molar-refractivity contribution is -0.139. The van der Waals surface area contributed by atoms with Crippen molar-refractivity contribution in [1.82, 2.24) is 9.80 Å². The first-order valence-corrected chi connectivity index (χ1v) is 6.86. The van der Waals surface area contributed by atoms with Gasteiger partial charge in [0.05, 0.1) is 6.54 Å². The molecular formula is C15H21N3O2. The number of carbonyl (C=O) groups excluding carboxylic acids is 2. The highest BCUT2D eigenvalue weighted by Gasteiger charge is 2.30. The van der Waals surface area contributed by atoms with E-state index in [1.165, 1.54) is 4.90 Å². The quantitative estimate of drug-likeness (QED) is 0.890. The van der Waals surface area contributed by atoms with Crippen LogP contribution in [0, 0.1) is 0 Å². The molecule has 0 spiro atoms. The molecule has 1 aliphatic heterocycles. The lowest BCUT2D eigenvalue weighted by Gasteiger charge is -2.25. The number of amides is 2. The fraction of sp³-hybridized carbons (Fsp3) is 0.467. The molecule has 1 atom stereocenters. The van der Waals surface area contributed by atoms with Gasteiger partial charge in [0.25, 0.3) is 0 Å². The topological polar surface area (TPSA) is 52.7 Å². The van der Waals surface area contributed by atoms with Gasteiger partial charge in [-0.15, -0.1) is 0 Å². The van der Waals surface area contributed by atoms with Crippen molar-refractivity contribution >= 4 is 17.5 Å². The molecule has 5 heteroatoms. The van der Waals surface area contributed by atoms with Gasteiger partial charge in [0, 0.05) is 32.7 Å². The maximum Gasteiger partial charge on any atom is 0.245 e. The number of hydrogen-bond donors (Lipinski definition) is 1. The number of hydrogen-bond acceptors (Lipinski definition) is 3. The summed E-state index contributed by atoms with van der Waals surface area (Å²) >= 11 is 0. The molecule has 0 bridgehead atoms. The van der Waals surface area contributed by atoms with E-state index in [4.69, 9.17) is 0 Å². The van der Waals surface area contributed by atoms with E-state index < -0.39 is 0 Å². The van der Waals surface area contributed by atoms with Gasteiger partial charge in [-0.25, -0.2) is 0 Å². The summed E-state index contributed by atoms with van der Waals surface area (Å²) in [5, 5.41) is 3.24. The molecule has 1 aromatic rings. The summed E-state index contributed by atoms with van der Waals surface area (Å²) < 4.78 is 0. The summed E-state index contributed by atoms with van der Waals surface area (Å²) in [5.41, 5.74) is 2.17. The van der Waals surface area contributed by atoms with Crippen LogP contribution < -0.4 is 5.32 Å². The van der Waals surface area contributed by atoms with Gasteiger partial charge in [0.15, 0.2) is 0 Å². The lowest BCUT2D eigenvalue weighted by Crippen LogP contribution is -2.46. The predicted molar refractivity (Wildman–Crippen MR) is 78.5 cm³/mol. The number of anilines is 1. The molecule has 1 aliphatic rings.